The molecule has 1 heterocycles. The van der Waals surface area contributed by atoms with Crippen molar-refractivity contribution in [2.45, 2.75) is 52.0 Å². The average Bonchev–Trinajstić information content (AvgIpc) is 2.59. The Morgan fingerprint density at radius 1 is 1.41 bits per heavy atom. The summed E-state index contributed by atoms with van der Waals surface area (Å²) in [4.78, 5) is 23.3. The zero-order valence-electron chi connectivity index (χ0n) is 16.4. The summed E-state index contributed by atoms with van der Waals surface area (Å²) in [7, 11) is 1.66. The highest BCUT2D eigenvalue weighted by atomic mass is 16.7. The highest BCUT2D eigenvalue weighted by molar-refractivity contribution is 5.77. The van der Waals surface area contributed by atoms with Gasteiger partial charge in [-0.3, -0.25) is 10.1 Å². The summed E-state index contributed by atoms with van der Waals surface area (Å²) in [5.41, 5.74) is -0.399. The number of carboxylic acid groups (broad SMARTS) is 1. The van der Waals surface area contributed by atoms with Gasteiger partial charge in [-0.05, 0) is 25.5 Å². The number of benzene rings is 1. The number of carboxylic acids is 1. The van der Waals surface area contributed by atoms with E-state index in [9.17, 15) is 20.0 Å². The first-order chi connectivity index (χ1) is 12.5. The number of nitro benzene ring substituents is 1. The monoisotopic (exact) mass is 380 g/mol. The Kier molecular flexibility index (Phi) is 6.24. The maximum absolute atomic E-state index is 12.2. The minimum Gasteiger partial charge on any atom is -0.477 e. The van der Waals surface area contributed by atoms with Crippen LogP contribution in [0, 0.1) is 21.4 Å². The highest BCUT2D eigenvalue weighted by Crippen LogP contribution is 2.48. The molecule has 0 radical (unpaired) electrons. The van der Waals surface area contributed by atoms with E-state index in [-0.39, 0.29) is 18.2 Å². The van der Waals surface area contributed by atoms with Crippen molar-refractivity contribution in [2.24, 2.45) is 11.3 Å². The number of nitro groups is 1. The first kappa shape index (κ1) is 21.3. The Balaban J connectivity index is 2.54. The van der Waals surface area contributed by atoms with Crippen LogP contribution in [0.5, 0.6) is 0 Å². The lowest BCUT2D eigenvalue weighted by Crippen LogP contribution is -2.64. The van der Waals surface area contributed by atoms with E-state index in [1.54, 1.807) is 25.2 Å². The molecule has 1 aromatic carbocycles. The molecule has 2 N–H and O–H groups in total. The number of carbonyl (C=O) groups is 1. The van der Waals surface area contributed by atoms with Crippen LogP contribution in [0.3, 0.4) is 0 Å². The van der Waals surface area contributed by atoms with Crippen molar-refractivity contribution in [1.29, 1.82) is 0 Å². The van der Waals surface area contributed by atoms with Gasteiger partial charge in [-0.2, -0.15) is 0 Å². The maximum atomic E-state index is 12.2. The molecular formula is C19H28N2O6. The SMILES string of the molecule is CN[C@@H](CC(C)C)C1(C(=O)O)OCC(C)(C)C(c2ccccc2[N+](=O)[O-])O1. The van der Waals surface area contributed by atoms with Crippen molar-refractivity contribution in [1.82, 2.24) is 5.32 Å². The molecule has 27 heavy (non-hydrogen) atoms. The number of rotatable bonds is 7. The molecule has 2 rings (SSSR count). The molecule has 1 aromatic rings. The quantitative estimate of drug-likeness (QED) is 0.552. The predicted octanol–water partition coefficient (Wildman–Crippen LogP) is 3.12. The molecule has 0 amide bonds. The van der Waals surface area contributed by atoms with Gasteiger partial charge in [-0.25, -0.2) is 4.79 Å². The van der Waals surface area contributed by atoms with Gasteiger partial charge in [-0.1, -0.05) is 39.8 Å². The van der Waals surface area contributed by atoms with Crippen LogP contribution in [0.4, 0.5) is 5.69 Å². The van der Waals surface area contributed by atoms with E-state index in [0.717, 1.165) is 0 Å². The van der Waals surface area contributed by atoms with Crippen molar-refractivity contribution in [3.05, 3.63) is 39.9 Å². The second-order valence-corrected chi connectivity index (χ2v) is 8.03. The molecule has 1 fully saturated rings. The van der Waals surface area contributed by atoms with E-state index in [1.165, 1.54) is 6.07 Å². The van der Waals surface area contributed by atoms with Crippen LogP contribution in [0.15, 0.2) is 24.3 Å². The fraction of sp³-hybridized carbons (Fsp3) is 0.632. The summed E-state index contributed by atoms with van der Waals surface area (Å²) in [6, 6.07) is 5.66. The third kappa shape index (κ3) is 4.12. The predicted molar refractivity (Wildman–Crippen MR) is 99.3 cm³/mol. The van der Waals surface area contributed by atoms with E-state index in [4.69, 9.17) is 9.47 Å². The van der Waals surface area contributed by atoms with E-state index in [0.29, 0.717) is 12.0 Å². The van der Waals surface area contributed by atoms with Crippen molar-refractivity contribution < 1.29 is 24.3 Å². The fourth-order valence-corrected chi connectivity index (χ4v) is 3.48. The zero-order chi connectivity index (χ0) is 20.4. The number of aliphatic carboxylic acids is 1. The van der Waals surface area contributed by atoms with Gasteiger partial charge in [0.2, 0.25) is 0 Å². The third-order valence-corrected chi connectivity index (χ3v) is 4.89. The van der Waals surface area contributed by atoms with Gasteiger partial charge >= 0.3 is 5.97 Å². The summed E-state index contributed by atoms with van der Waals surface area (Å²) in [6.07, 6.45) is -0.306. The minimum atomic E-state index is -1.93. The van der Waals surface area contributed by atoms with Crippen molar-refractivity contribution in [3.8, 4) is 0 Å². The first-order valence-corrected chi connectivity index (χ1v) is 9.01. The number of ether oxygens (including phenoxy) is 2. The summed E-state index contributed by atoms with van der Waals surface area (Å²) >= 11 is 0. The molecule has 0 aromatic heterocycles. The van der Waals surface area contributed by atoms with Gasteiger partial charge in [0.25, 0.3) is 11.5 Å². The van der Waals surface area contributed by atoms with E-state index >= 15 is 0 Å². The largest absolute Gasteiger partial charge is 0.477 e. The Bertz CT molecular complexity index is 705. The molecule has 1 saturated heterocycles. The van der Waals surface area contributed by atoms with Gasteiger partial charge < -0.3 is 19.9 Å². The summed E-state index contributed by atoms with van der Waals surface area (Å²) in [5, 5.41) is 24.5. The number of likely N-dealkylation sites (N-methyl/N-ethyl adjacent to an activating group) is 1. The summed E-state index contributed by atoms with van der Waals surface area (Å²) < 4.78 is 11.9. The van der Waals surface area contributed by atoms with Crippen molar-refractivity contribution in [3.63, 3.8) is 0 Å². The topological polar surface area (TPSA) is 111 Å². The smallest absolute Gasteiger partial charge is 0.366 e. The van der Waals surface area contributed by atoms with Crippen LogP contribution < -0.4 is 5.32 Å². The number of nitrogens with one attached hydrogen (secondary N) is 1. The van der Waals surface area contributed by atoms with E-state index in [2.05, 4.69) is 5.32 Å². The van der Waals surface area contributed by atoms with Gasteiger partial charge in [0.15, 0.2) is 0 Å². The van der Waals surface area contributed by atoms with Gasteiger partial charge in [-0.15, -0.1) is 0 Å². The van der Waals surface area contributed by atoms with Crippen LogP contribution in [-0.4, -0.2) is 41.5 Å². The first-order valence-electron chi connectivity index (χ1n) is 9.01. The fourth-order valence-electron chi connectivity index (χ4n) is 3.48. The number of hydrogen-bond donors (Lipinski definition) is 2. The summed E-state index contributed by atoms with van der Waals surface area (Å²) in [6.45, 7) is 7.73. The van der Waals surface area contributed by atoms with Crippen LogP contribution in [0.25, 0.3) is 0 Å². The maximum Gasteiger partial charge on any atom is 0.366 e. The Labute approximate surface area is 159 Å². The standard InChI is InChI=1S/C19H28N2O6/c1-12(2)10-15(20-5)19(17(22)23)26-11-18(3,4)16(27-19)13-8-6-7-9-14(13)21(24)25/h6-9,12,15-16,20H,10-11H2,1-5H3,(H,22,23)/t15-,16?,19?/m0/s1. The molecule has 0 aliphatic carbocycles. The summed E-state index contributed by atoms with van der Waals surface area (Å²) in [5.74, 6) is -2.98. The van der Waals surface area contributed by atoms with Crippen LogP contribution in [-0.2, 0) is 14.3 Å². The number of nitrogens with zero attached hydrogens (tertiary/aromatic N) is 1. The molecule has 1 aliphatic rings. The normalized spacial score (nSPS) is 25.9. The molecule has 150 valence electrons. The van der Waals surface area contributed by atoms with Crippen molar-refractivity contribution in [2.75, 3.05) is 13.7 Å². The average molecular weight is 380 g/mol. The molecule has 2 unspecified atom stereocenters. The minimum absolute atomic E-state index is 0.0896. The van der Waals surface area contributed by atoms with Gasteiger partial charge in [0, 0.05) is 11.5 Å². The van der Waals surface area contributed by atoms with Crippen LogP contribution in [0.2, 0.25) is 0 Å². The third-order valence-electron chi connectivity index (χ3n) is 4.89. The Morgan fingerprint density at radius 3 is 2.56 bits per heavy atom. The second-order valence-electron chi connectivity index (χ2n) is 8.03. The van der Waals surface area contributed by atoms with Crippen LogP contribution in [0.1, 0.15) is 45.8 Å². The van der Waals surface area contributed by atoms with Crippen molar-refractivity contribution >= 4 is 11.7 Å². The molecule has 0 spiro atoms. The Morgan fingerprint density at radius 2 is 2.04 bits per heavy atom. The molecular weight excluding hydrogens is 352 g/mol. The van der Waals surface area contributed by atoms with Gasteiger partial charge in [0.1, 0.15) is 6.10 Å². The zero-order valence-corrected chi connectivity index (χ0v) is 16.4. The second kappa shape index (κ2) is 7.92. The molecule has 3 atom stereocenters. The van der Waals surface area contributed by atoms with E-state index < -0.39 is 34.2 Å². The lowest BCUT2D eigenvalue weighted by molar-refractivity contribution is -0.389. The van der Waals surface area contributed by atoms with Gasteiger partial charge in [0.05, 0.1) is 23.1 Å². The van der Waals surface area contributed by atoms with E-state index in [1.807, 2.05) is 27.7 Å². The molecule has 8 nitrogen and oxygen atoms in total. The lowest BCUT2D eigenvalue weighted by Gasteiger charge is -2.49. The highest BCUT2D eigenvalue weighted by Gasteiger charge is 2.57. The molecule has 0 bridgehead atoms. The number of para-hydroxylation sites is 1. The molecule has 0 saturated carbocycles. The molecule has 1 aliphatic heterocycles. The number of hydrogen-bond acceptors (Lipinski definition) is 6. The Hall–Kier alpha value is -2.03. The lowest BCUT2D eigenvalue weighted by atomic mass is 9.80. The van der Waals surface area contributed by atoms with Crippen LogP contribution >= 0.6 is 0 Å². The molecule has 8 heteroatoms.